The molecule has 0 unspecified atom stereocenters. The lowest BCUT2D eigenvalue weighted by molar-refractivity contribution is 0.0824. The Morgan fingerprint density at radius 3 is 2.37 bits per heavy atom. The fraction of sp³-hybridized carbons (Fsp3) is 0.450. The lowest BCUT2D eigenvalue weighted by atomic mass is 10.1. The molecule has 0 fully saturated rings. The molecule has 2 amide bonds. The van der Waals surface area contributed by atoms with Gasteiger partial charge in [0, 0.05) is 38.3 Å². The second kappa shape index (κ2) is 9.08. The fourth-order valence-electron chi connectivity index (χ4n) is 2.79. The van der Waals surface area contributed by atoms with Crippen molar-refractivity contribution < 1.29 is 9.59 Å². The molecule has 1 aromatic heterocycles. The Kier molecular flexibility index (Phi) is 7.07. The highest BCUT2D eigenvalue weighted by Gasteiger charge is 2.24. The molecule has 0 atom stereocenters. The Morgan fingerprint density at radius 1 is 1.15 bits per heavy atom. The van der Waals surface area contributed by atoms with Gasteiger partial charge in [0.2, 0.25) is 0 Å². The molecule has 0 bridgehead atoms. The summed E-state index contributed by atoms with van der Waals surface area (Å²) in [4.78, 5) is 29.6. The van der Waals surface area contributed by atoms with E-state index in [1.165, 1.54) is 26.9 Å². The third-order valence-corrected chi connectivity index (χ3v) is 5.70. The summed E-state index contributed by atoms with van der Waals surface area (Å²) >= 11 is 1.45. The molecular formula is C20H28N4O2S. The molecule has 1 heterocycles. The third kappa shape index (κ3) is 4.53. The molecule has 0 aliphatic carbocycles. The summed E-state index contributed by atoms with van der Waals surface area (Å²) in [6.45, 7) is 9.18. The number of amides is 2. The van der Waals surface area contributed by atoms with E-state index in [1.807, 2.05) is 32.9 Å². The van der Waals surface area contributed by atoms with Crippen LogP contribution >= 0.6 is 11.8 Å². The lowest BCUT2D eigenvalue weighted by Crippen LogP contribution is -2.34. The van der Waals surface area contributed by atoms with E-state index in [1.54, 1.807) is 25.2 Å². The molecule has 0 radical (unpaired) electrons. The van der Waals surface area contributed by atoms with Crippen LogP contribution in [0.15, 0.2) is 34.3 Å². The van der Waals surface area contributed by atoms with Crippen LogP contribution in [0.25, 0.3) is 0 Å². The topological polar surface area (TPSA) is 58.4 Å². The number of aromatic nitrogens is 2. The summed E-state index contributed by atoms with van der Waals surface area (Å²) in [7, 11) is 3.40. The number of hydrogen-bond acceptors (Lipinski definition) is 4. The van der Waals surface area contributed by atoms with Gasteiger partial charge in [0.25, 0.3) is 5.91 Å². The monoisotopic (exact) mass is 388 g/mol. The number of rotatable bonds is 6. The number of aryl methyl sites for hydroxylation is 2. The van der Waals surface area contributed by atoms with Crippen molar-refractivity contribution in [1.29, 1.82) is 0 Å². The van der Waals surface area contributed by atoms with Crippen molar-refractivity contribution in [2.75, 3.05) is 27.2 Å². The van der Waals surface area contributed by atoms with Crippen LogP contribution in [0, 0.1) is 6.92 Å². The number of carbonyl (C=O) groups excluding carboxylic acids is 2. The Balaban J connectivity index is 2.51. The van der Waals surface area contributed by atoms with E-state index in [4.69, 9.17) is 0 Å². The van der Waals surface area contributed by atoms with Gasteiger partial charge in [-0.15, -0.1) is 0 Å². The molecule has 6 nitrogen and oxygen atoms in total. The molecule has 0 N–H and O–H groups in total. The van der Waals surface area contributed by atoms with Crippen LogP contribution in [-0.4, -0.2) is 58.7 Å². The van der Waals surface area contributed by atoms with Crippen LogP contribution in [-0.2, 0) is 6.42 Å². The highest BCUT2D eigenvalue weighted by molar-refractivity contribution is 7.99. The quantitative estimate of drug-likeness (QED) is 0.753. The van der Waals surface area contributed by atoms with Crippen molar-refractivity contribution in [3.8, 4) is 0 Å². The van der Waals surface area contributed by atoms with E-state index < -0.39 is 0 Å². The highest BCUT2D eigenvalue weighted by Crippen LogP contribution is 2.35. The molecule has 27 heavy (non-hydrogen) atoms. The van der Waals surface area contributed by atoms with E-state index in [0.717, 1.165) is 16.9 Å². The van der Waals surface area contributed by atoms with Crippen molar-refractivity contribution in [1.82, 2.24) is 19.6 Å². The molecule has 0 saturated carbocycles. The second-order valence-electron chi connectivity index (χ2n) is 6.47. The summed E-state index contributed by atoms with van der Waals surface area (Å²) < 4.78 is 1.29. The lowest BCUT2D eigenvalue weighted by Gasteiger charge is -2.17. The van der Waals surface area contributed by atoms with Gasteiger partial charge in [-0.3, -0.25) is 4.79 Å². The van der Waals surface area contributed by atoms with Crippen LogP contribution < -0.4 is 0 Å². The average Bonchev–Trinajstić information content (AvgIpc) is 3.07. The predicted molar refractivity (Wildman–Crippen MR) is 109 cm³/mol. The van der Waals surface area contributed by atoms with Gasteiger partial charge in [-0.05, 0) is 38.3 Å². The van der Waals surface area contributed by atoms with Gasteiger partial charge in [-0.25, -0.2) is 4.79 Å². The molecule has 0 aliphatic heterocycles. The van der Waals surface area contributed by atoms with Crippen molar-refractivity contribution in [3.05, 3.63) is 41.1 Å². The minimum absolute atomic E-state index is 0.164. The summed E-state index contributed by atoms with van der Waals surface area (Å²) in [5.74, 6) is -0.164. The SMILES string of the molecule is CCc1cccc(C)c1Sc1nn(C(=O)N(CC)CC)cc1C(=O)N(C)C. The summed E-state index contributed by atoms with van der Waals surface area (Å²) in [5, 5.41) is 5.04. The summed E-state index contributed by atoms with van der Waals surface area (Å²) in [6, 6.07) is 5.94. The Labute approximate surface area is 165 Å². The number of nitrogens with zero attached hydrogens (tertiary/aromatic N) is 4. The average molecular weight is 389 g/mol. The first-order valence-corrected chi connectivity index (χ1v) is 10.0. The van der Waals surface area contributed by atoms with Crippen molar-refractivity contribution in [2.24, 2.45) is 0 Å². The molecule has 2 rings (SSSR count). The van der Waals surface area contributed by atoms with Crippen molar-refractivity contribution in [3.63, 3.8) is 0 Å². The molecule has 2 aromatic rings. The minimum atomic E-state index is -0.222. The molecule has 146 valence electrons. The predicted octanol–water partition coefficient (Wildman–Crippen LogP) is 3.92. The van der Waals surface area contributed by atoms with E-state index in [0.29, 0.717) is 23.7 Å². The highest BCUT2D eigenvalue weighted by atomic mass is 32.2. The molecule has 1 aromatic carbocycles. The van der Waals surface area contributed by atoms with Crippen molar-refractivity contribution >= 4 is 23.7 Å². The Morgan fingerprint density at radius 2 is 1.81 bits per heavy atom. The number of benzene rings is 1. The van der Waals surface area contributed by atoms with Crippen molar-refractivity contribution in [2.45, 2.75) is 44.0 Å². The zero-order chi connectivity index (χ0) is 20.1. The zero-order valence-electron chi connectivity index (χ0n) is 16.9. The van der Waals surface area contributed by atoms with E-state index in [9.17, 15) is 9.59 Å². The Bertz CT molecular complexity index is 825. The van der Waals surface area contributed by atoms with Crippen LogP contribution in [0.1, 0.15) is 42.3 Å². The maximum absolute atomic E-state index is 12.7. The van der Waals surface area contributed by atoms with Gasteiger partial charge in [-0.1, -0.05) is 36.9 Å². The normalized spacial score (nSPS) is 10.7. The molecule has 0 saturated heterocycles. The van der Waals surface area contributed by atoms with Crippen LogP contribution in [0.3, 0.4) is 0 Å². The zero-order valence-corrected chi connectivity index (χ0v) is 17.8. The first kappa shape index (κ1) is 21.0. The molecule has 7 heteroatoms. The van der Waals surface area contributed by atoms with E-state index in [2.05, 4.69) is 18.1 Å². The third-order valence-electron chi connectivity index (χ3n) is 4.42. The summed E-state index contributed by atoms with van der Waals surface area (Å²) in [6.07, 6.45) is 2.44. The van der Waals surface area contributed by atoms with Gasteiger partial charge in [0.05, 0.1) is 5.56 Å². The van der Waals surface area contributed by atoms with Gasteiger partial charge in [0.15, 0.2) is 0 Å². The maximum Gasteiger partial charge on any atom is 0.344 e. The largest absolute Gasteiger partial charge is 0.345 e. The molecular weight excluding hydrogens is 360 g/mol. The van der Waals surface area contributed by atoms with Gasteiger partial charge in [-0.2, -0.15) is 9.78 Å². The number of hydrogen-bond donors (Lipinski definition) is 0. The smallest absolute Gasteiger partial charge is 0.344 e. The van der Waals surface area contributed by atoms with E-state index >= 15 is 0 Å². The minimum Gasteiger partial charge on any atom is -0.345 e. The Hall–Kier alpha value is -2.28. The molecule has 0 aliphatic rings. The van der Waals surface area contributed by atoms with Gasteiger partial charge < -0.3 is 9.80 Å². The standard InChI is InChI=1S/C20H28N4O2S/c1-7-15-12-10-11-14(4)17(15)27-18-16(19(25)22(5)6)13-24(21-18)20(26)23(8-2)9-3/h10-13H,7-9H2,1-6H3. The van der Waals surface area contributed by atoms with Crippen LogP contribution in [0.4, 0.5) is 4.79 Å². The second-order valence-corrected chi connectivity index (χ2v) is 7.46. The number of carbonyl (C=O) groups is 2. The van der Waals surface area contributed by atoms with E-state index in [-0.39, 0.29) is 11.9 Å². The van der Waals surface area contributed by atoms with Gasteiger partial charge in [0.1, 0.15) is 5.03 Å². The first-order valence-electron chi connectivity index (χ1n) is 9.20. The first-order chi connectivity index (χ1) is 12.8. The summed E-state index contributed by atoms with van der Waals surface area (Å²) in [5.41, 5.74) is 2.77. The van der Waals surface area contributed by atoms with Crippen LogP contribution in [0.5, 0.6) is 0 Å². The fourth-order valence-corrected chi connectivity index (χ4v) is 3.94. The van der Waals surface area contributed by atoms with Gasteiger partial charge >= 0.3 is 6.03 Å². The van der Waals surface area contributed by atoms with Crippen LogP contribution in [0.2, 0.25) is 0 Å². The molecule has 0 spiro atoms. The maximum atomic E-state index is 12.7.